The molecule has 0 saturated heterocycles. The summed E-state index contributed by atoms with van der Waals surface area (Å²) in [5.74, 6) is -0.340. The fourth-order valence-electron chi connectivity index (χ4n) is 3.19. The zero-order valence-corrected chi connectivity index (χ0v) is 13.5. The van der Waals surface area contributed by atoms with E-state index in [1.54, 1.807) is 0 Å². The molecule has 1 aromatic carbocycles. The summed E-state index contributed by atoms with van der Waals surface area (Å²) in [4.78, 5) is 0. The number of rotatable bonds is 5. The van der Waals surface area contributed by atoms with E-state index in [1.165, 1.54) is 44.2 Å². The van der Waals surface area contributed by atoms with Crippen LogP contribution in [-0.4, -0.2) is 6.54 Å². The van der Waals surface area contributed by atoms with Crippen molar-refractivity contribution in [2.24, 2.45) is 5.92 Å². The number of nitrogens with one attached hydrogen (secondary N) is 1. The summed E-state index contributed by atoms with van der Waals surface area (Å²) in [6.07, 6.45) is 6.97. The summed E-state index contributed by atoms with van der Waals surface area (Å²) >= 11 is 3.13. The molecule has 1 aromatic rings. The highest BCUT2D eigenvalue weighted by Gasteiger charge is 2.24. The number of hydrogen-bond acceptors (Lipinski definition) is 1. The lowest BCUT2D eigenvalue weighted by atomic mass is 9.83. The van der Waals surface area contributed by atoms with Gasteiger partial charge in [0.25, 0.3) is 0 Å². The second kappa shape index (κ2) is 7.51. The van der Waals surface area contributed by atoms with Crippen molar-refractivity contribution in [3.63, 3.8) is 0 Å². The van der Waals surface area contributed by atoms with Gasteiger partial charge >= 0.3 is 0 Å². The molecular formula is C16H22BrF2N. The summed E-state index contributed by atoms with van der Waals surface area (Å²) in [7, 11) is 0. The third kappa shape index (κ3) is 4.01. The summed E-state index contributed by atoms with van der Waals surface area (Å²) in [5, 5.41) is 3.25. The molecule has 0 amide bonds. The molecular weight excluding hydrogens is 324 g/mol. The van der Waals surface area contributed by atoms with Gasteiger partial charge in [0.05, 0.1) is 0 Å². The predicted octanol–water partition coefficient (Wildman–Crippen LogP) is 5.35. The van der Waals surface area contributed by atoms with E-state index < -0.39 is 11.6 Å². The van der Waals surface area contributed by atoms with Crippen molar-refractivity contribution in [3.05, 3.63) is 33.8 Å². The van der Waals surface area contributed by atoms with Crippen LogP contribution in [0.3, 0.4) is 0 Å². The minimum Gasteiger partial charge on any atom is -0.310 e. The summed E-state index contributed by atoms with van der Waals surface area (Å²) in [5.41, 5.74) is 0.195. The number of halogens is 3. The molecule has 1 atom stereocenters. The van der Waals surface area contributed by atoms with Crippen molar-refractivity contribution in [1.29, 1.82) is 0 Å². The van der Waals surface area contributed by atoms with Crippen LogP contribution in [0.15, 0.2) is 16.6 Å². The standard InChI is InChI=1S/C16H22BrF2N/c1-2-20-15(8-11-6-4-3-5-7-11)16-13(18)9-12(17)10-14(16)19/h9-11,15,20H,2-8H2,1H3. The van der Waals surface area contributed by atoms with Gasteiger partial charge in [0.1, 0.15) is 11.6 Å². The molecule has 0 heterocycles. The highest BCUT2D eigenvalue weighted by Crippen LogP contribution is 2.34. The molecule has 1 aliphatic rings. The molecule has 0 spiro atoms. The van der Waals surface area contributed by atoms with Gasteiger partial charge in [-0.3, -0.25) is 0 Å². The average Bonchev–Trinajstić information content (AvgIpc) is 2.39. The average molecular weight is 346 g/mol. The highest BCUT2D eigenvalue weighted by molar-refractivity contribution is 9.10. The molecule has 1 nitrogen and oxygen atoms in total. The van der Waals surface area contributed by atoms with Crippen molar-refractivity contribution in [1.82, 2.24) is 5.32 Å². The first-order chi connectivity index (χ1) is 9.61. The molecule has 0 aromatic heterocycles. The summed E-state index contributed by atoms with van der Waals surface area (Å²) < 4.78 is 28.7. The Hall–Kier alpha value is -0.480. The van der Waals surface area contributed by atoms with Crippen LogP contribution in [0.5, 0.6) is 0 Å². The first-order valence-electron chi connectivity index (χ1n) is 7.49. The van der Waals surface area contributed by atoms with E-state index in [4.69, 9.17) is 0 Å². The second-order valence-corrected chi connectivity index (χ2v) is 6.55. The van der Waals surface area contributed by atoms with Gasteiger partial charge in [-0.05, 0) is 31.0 Å². The molecule has 2 rings (SSSR count). The molecule has 112 valence electrons. The van der Waals surface area contributed by atoms with E-state index in [1.807, 2.05) is 6.92 Å². The normalized spacial score (nSPS) is 18.2. The molecule has 1 fully saturated rings. The smallest absolute Gasteiger partial charge is 0.132 e. The predicted molar refractivity (Wildman–Crippen MR) is 81.7 cm³/mol. The molecule has 0 radical (unpaired) electrons. The van der Waals surface area contributed by atoms with E-state index >= 15 is 0 Å². The van der Waals surface area contributed by atoms with Crippen molar-refractivity contribution in [2.45, 2.75) is 51.5 Å². The Morgan fingerprint density at radius 3 is 2.35 bits per heavy atom. The van der Waals surface area contributed by atoms with Crippen LogP contribution in [0.2, 0.25) is 0 Å². The van der Waals surface area contributed by atoms with Gasteiger partial charge in [0.15, 0.2) is 0 Å². The molecule has 1 saturated carbocycles. The SMILES string of the molecule is CCNC(CC1CCCCC1)c1c(F)cc(Br)cc1F. The molecule has 1 N–H and O–H groups in total. The lowest BCUT2D eigenvalue weighted by molar-refractivity contribution is 0.295. The number of benzene rings is 1. The van der Waals surface area contributed by atoms with Crippen LogP contribution < -0.4 is 5.32 Å². The minimum absolute atomic E-state index is 0.195. The van der Waals surface area contributed by atoms with Crippen LogP contribution in [0.1, 0.15) is 57.1 Å². The van der Waals surface area contributed by atoms with Crippen LogP contribution in [0.4, 0.5) is 8.78 Å². The zero-order valence-electron chi connectivity index (χ0n) is 11.9. The molecule has 1 aliphatic carbocycles. The number of hydrogen-bond donors (Lipinski definition) is 1. The van der Waals surface area contributed by atoms with Gasteiger partial charge < -0.3 is 5.32 Å². The van der Waals surface area contributed by atoms with E-state index in [9.17, 15) is 8.78 Å². The fourth-order valence-corrected chi connectivity index (χ4v) is 3.59. The maximum absolute atomic E-state index is 14.1. The van der Waals surface area contributed by atoms with Gasteiger partial charge in [0.2, 0.25) is 0 Å². The Balaban J connectivity index is 2.19. The summed E-state index contributed by atoms with van der Waals surface area (Å²) in [6, 6.07) is 2.48. The minimum atomic E-state index is -0.460. The van der Waals surface area contributed by atoms with Crippen LogP contribution in [0.25, 0.3) is 0 Å². The van der Waals surface area contributed by atoms with Gasteiger partial charge in [-0.15, -0.1) is 0 Å². The monoisotopic (exact) mass is 345 g/mol. The third-order valence-corrected chi connectivity index (χ3v) is 4.59. The largest absolute Gasteiger partial charge is 0.310 e. The lowest BCUT2D eigenvalue weighted by Crippen LogP contribution is -2.26. The first kappa shape index (κ1) is 15.9. The second-order valence-electron chi connectivity index (χ2n) is 5.63. The molecule has 20 heavy (non-hydrogen) atoms. The van der Waals surface area contributed by atoms with Crippen molar-refractivity contribution < 1.29 is 8.78 Å². The van der Waals surface area contributed by atoms with Gasteiger partial charge in [0, 0.05) is 16.1 Å². The molecule has 4 heteroatoms. The Morgan fingerprint density at radius 1 is 1.20 bits per heavy atom. The highest BCUT2D eigenvalue weighted by atomic mass is 79.9. The Labute approximate surface area is 128 Å². The van der Waals surface area contributed by atoms with E-state index in [-0.39, 0.29) is 11.6 Å². The molecule has 0 aliphatic heterocycles. The Kier molecular flexibility index (Phi) is 5.97. The zero-order chi connectivity index (χ0) is 14.5. The van der Waals surface area contributed by atoms with Gasteiger partial charge in [-0.25, -0.2) is 8.78 Å². The maximum atomic E-state index is 14.1. The Morgan fingerprint density at radius 2 is 1.80 bits per heavy atom. The summed E-state index contributed by atoms with van der Waals surface area (Å²) in [6.45, 7) is 2.69. The van der Waals surface area contributed by atoms with E-state index in [0.29, 0.717) is 16.9 Å². The van der Waals surface area contributed by atoms with Crippen LogP contribution in [-0.2, 0) is 0 Å². The maximum Gasteiger partial charge on any atom is 0.132 e. The Bertz CT molecular complexity index is 421. The van der Waals surface area contributed by atoms with Gasteiger partial charge in [-0.2, -0.15) is 0 Å². The quantitative estimate of drug-likeness (QED) is 0.758. The van der Waals surface area contributed by atoms with Crippen LogP contribution >= 0.6 is 15.9 Å². The van der Waals surface area contributed by atoms with Crippen molar-refractivity contribution >= 4 is 15.9 Å². The van der Waals surface area contributed by atoms with Gasteiger partial charge in [-0.1, -0.05) is 55.0 Å². The van der Waals surface area contributed by atoms with E-state index in [2.05, 4.69) is 21.2 Å². The molecule has 0 bridgehead atoms. The lowest BCUT2D eigenvalue weighted by Gasteiger charge is -2.27. The molecule has 1 unspecified atom stereocenters. The topological polar surface area (TPSA) is 12.0 Å². The first-order valence-corrected chi connectivity index (χ1v) is 8.29. The van der Waals surface area contributed by atoms with Crippen molar-refractivity contribution in [2.75, 3.05) is 6.54 Å². The third-order valence-electron chi connectivity index (χ3n) is 4.14. The fraction of sp³-hybridized carbons (Fsp3) is 0.625. The van der Waals surface area contributed by atoms with Crippen LogP contribution in [0, 0.1) is 17.6 Å². The van der Waals surface area contributed by atoms with Crippen molar-refractivity contribution in [3.8, 4) is 0 Å². The van der Waals surface area contributed by atoms with E-state index in [0.717, 1.165) is 6.42 Å².